The maximum Gasteiger partial charge on any atom is 0.223 e. The third-order valence-electron chi connectivity index (χ3n) is 4.49. The first-order chi connectivity index (χ1) is 12.1. The van der Waals surface area contributed by atoms with E-state index in [1.807, 2.05) is 33.8 Å². The van der Waals surface area contributed by atoms with E-state index in [1.54, 1.807) is 18.3 Å². The van der Waals surface area contributed by atoms with Crippen molar-refractivity contribution in [3.63, 3.8) is 0 Å². The first-order valence-electron chi connectivity index (χ1n) is 8.47. The zero-order valence-electron chi connectivity index (χ0n) is 14.1. The molecule has 0 bridgehead atoms. The van der Waals surface area contributed by atoms with Crippen LogP contribution in [0, 0.1) is 0 Å². The number of carbonyl (C=O) groups is 1. The molecule has 0 fully saturated rings. The number of nitrogens with zero attached hydrogens (tertiary/aromatic N) is 4. The summed E-state index contributed by atoms with van der Waals surface area (Å²) in [6.45, 7) is 3.59. The van der Waals surface area contributed by atoms with Crippen molar-refractivity contribution in [1.29, 1.82) is 0 Å². The SMILES string of the molecule is CC(O)c1cc2n(n1)CCN(C(=O)CCc1nc3ccccc3s1)C2. The van der Waals surface area contributed by atoms with Gasteiger partial charge in [-0.1, -0.05) is 12.1 Å². The number of carbonyl (C=O) groups excluding carboxylic acids is 1. The van der Waals surface area contributed by atoms with Gasteiger partial charge in [-0.15, -0.1) is 11.3 Å². The van der Waals surface area contributed by atoms with Gasteiger partial charge in [-0.05, 0) is 25.1 Å². The molecule has 1 aromatic carbocycles. The van der Waals surface area contributed by atoms with E-state index in [4.69, 9.17) is 0 Å². The van der Waals surface area contributed by atoms with Crippen molar-refractivity contribution in [3.8, 4) is 0 Å². The summed E-state index contributed by atoms with van der Waals surface area (Å²) in [6.07, 6.45) is 0.561. The maximum atomic E-state index is 12.6. The molecule has 3 aromatic rings. The monoisotopic (exact) mass is 356 g/mol. The number of hydrogen-bond donors (Lipinski definition) is 1. The zero-order valence-corrected chi connectivity index (χ0v) is 14.9. The Morgan fingerprint density at radius 1 is 1.36 bits per heavy atom. The first-order valence-corrected chi connectivity index (χ1v) is 9.29. The highest BCUT2D eigenvalue weighted by Crippen LogP contribution is 2.23. The summed E-state index contributed by atoms with van der Waals surface area (Å²) in [7, 11) is 0. The molecule has 4 rings (SSSR count). The van der Waals surface area contributed by atoms with Gasteiger partial charge in [-0.3, -0.25) is 9.48 Å². The van der Waals surface area contributed by atoms with Crippen LogP contribution in [-0.4, -0.2) is 37.2 Å². The minimum atomic E-state index is -0.582. The molecule has 2 aromatic heterocycles. The predicted molar refractivity (Wildman–Crippen MR) is 96.2 cm³/mol. The Bertz CT molecular complexity index is 882. The minimum absolute atomic E-state index is 0.144. The highest BCUT2D eigenvalue weighted by atomic mass is 32.1. The van der Waals surface area contributed by atoms with E-state index in [1.165, 1.54) is 0 Å². The number of fused-ring (bicyclic) bond motifs is 2. The standard InChI is InChI=1S/C18H20N4O2S/c1-12(23)15-10-13-11-21(8-9-22(13)20-15)18(24)7-6-17-19-14-4-2-3-5-16(14)25-17/h2-5,10,12,23H,6-9,11H2,1H3. The molecule has 0 spiro atoms. The van der Waals surface area contributed by atoms with Gasteiger partial charge >= 0.3 is 0 Å². The molecule has 130 valence electrons. The van der Waals surface area contributed by atoms with Gasteiger partial charge in [0.15, 0.2) is 0 Å². The summed E-state index contributed by atoms with van der Waals surface area (Å²) in [5.74, 6) is 0.144. The van der Waals surface area contributed by atoms with Crippen LogP contribution in [0.5, 0.6) is 0 Å². The molecule has 1 aliphatic rings. The minimum Gasteiger partial charge on any atom is -0.387 e. The maximum absolute atomic E-state index is 12.6. The molecule has 25 heavy (non-hydrogen) atoms. The summed E-state index contributed by atoms with van der Waals surface area (Å²) in [6, 6.07) is 9.94. The van der Waals surface area contributed by atoms with Gasteiger partial charge in [0.1, 0.15) is 0 Å². The Labute approximate surface area is 149 Å². The Morgan fingerprint density at radius 3 is 3.00 bits per heavy atom. The van der Waals surface area contributed by atoms with Crippen LogP contribution >= 0.6 is 11.3 Å². The smallest absolute Gasteiger partial charge is 0.223 e. The second-order valence-corrected chi connectivity index (χ2v) is 7.47. The van der Waals surface area contributed by atoms with Gasteiger partial charge < -0.3 is 10.0 Å². The lowest BCUT2D eigenvalue weighted by Crippen LogP contribution is -2.38. The van der Waals surface area contributed by atoms with Crippen LogP contribution in [0.3, 0.4) is 0 Å². The van der Waals surface area contributed by atoms with Gasteiger partial charge in [-0.25, -0.2) is 4.98 Å². The molecule has 0 radical (unpaired) electrons. The Kier molecular flexibility index (Phi) is 4.27. The average molecular weight is 356 g/mol. The Balaban J connectivity index is 1.39. The van der Waals surface area contributed by atoms with Crippen LogP contribution in [0.2, 0.25) is 0 Å². The fourth-order valence-corrected chi connectivity index (χ4v) is 4.07. The lowest BCUT2D eigenvalue weighted by molar-refractivity contribution is -0.132. The highest BCUT2D eigenvalue weighted by Gasteiger charge is 2.23. The molecule has 7 heteroatoms. The van der Waals surface area contributed by atoms with Gasteiger partial charge in [0, 0.05) is 19.4 Å². The number of rotatable bonds is 4. The van der Waals surface area contributed by atoms with Crippen molar-refractivity contribution >= 4 is 27.5 Å². The fraction of sp³-hybridized carbons (Fsp3) is 0.389. The molecule has 0 saturated carbocycles. The molecule has 0 saturated heterocycles. The third kappa shape index (κ3) is 3.29. The molecular formula is C18H20N4O2S. The normalized spacial score (nSPS) is 15.4. The van der Waals surface area contributed by atoms with E-state index in [2.05, 4.69) is 16.1 Å². The van der Waals surface area contributed by atoms with Crippen LogP contribution in [-0.2, 0) is 24.3 Å². The number of aliphatic hydroxyl groups excluding tert-OH is 1. The molecule has 1 atom stereocenters. The van der Waals surface area contributed by atoms with Gasteiger partial charge in [0.2, 0.25) is 5.91 Å². The van der Waals surface area contributed by atoms with E-state index < -0.39 is 6.10 Å². The van der Waals surface area contributed by atoms with Gasteiger partial charge in [-0.2, -0.15) is 5.10 Å². The van der Waals surface area contributed by atoms with Gasteiger partial charge in [0.25, 0.3) is 0 Å². The molecule has 1 unspecified atom stereocenters. The highest BCUT2D eigenvalue weighted by molar-refractivity contribution is 7.18. The summed E-state index contributed by atoms with van der Waals surface area (Å²) >= 11 is 1.66. The molecule has 1 amide bonds. The Hall–Kier alpha value is -2.25. The number of aromatic nitrogens is 3. The van der Waals surface area contributed by atoms with Crippen molar-refractivity contribution in [3.05, 3.63) is 46.7 Å². The molecule has 1 N–H and O–H groups in total. The van der Waals surface area contributed by atoms with Crippen molar-refractivity contribution in [2.75, 3.05) is 6.54 Å². The van der Waals surface area contributed by atoms with Crippen LogP contribution in [0.4, 0.5) is 0 Å². The van der Waals surface area contributed by atoms with Crippen LogP contribution in [0.1, 0.15) is 35.8 Å². The quantitative estimate of drug-likeness (QED) is 0.780. The Morgan fingerprint density at radius 2 is 2.20 bits per heavy atom. The molecule has 0 aliphatic carbocycles. The van der Waals surface area contributed by atoms with Crippen LogP contribution < -0.4 is 0 Å². The largest absolute Gasteiger partial charge is 0.387 e. The summed E-state index contributed by atoms with van der Waals surface area (Å²) in [5.41, 5.74) is 2.65. The van der Waals surface area contributed by atoms with E-state index in [0.29, 0.717) is 38.2 Å². The number of para-hydroxylation sites is 1. The van der Waals surface area contributed by atoms with Crippen molar-refractivity contribution in [1.82, 2.24) is 19.7 Å². The number of aryl methyl sites for hydroxylation is 1. The lowest BCUT2D eigenvalue weighted by Gasteiger charge is -2.27. The fourth-order valence-electron chi connectivity index (χ4n) is 3.10. The lowest BCUT2D eigenvalue weighted by atomic mass is 10.2. The first kappa shape index (κ1) is 16.2. The number of hydrogen-bond acceptors (Lipinski definition) is 5. The van der Waals surface area contributed by atoms with Crippen molar-refractivity contribution in [2.24, 2.45) is 0 Å². The van der Waals surface area contributed by atoms with Crippen LogP contribution in [0.15, 0.2) is 30.3 Å². The van der Waals surface area contributed by atoms with E-state index >= 15 is 0 Å². The molecule has 6 nitrogen and oxygen atoms in total. The number of amides is 1. The van der Waals surface area contributed by atoms with E-state index in [-0.39, 0.29) is 5.91 Å². The van der Waals surface area contributed by atoms with E-state index in [9.17, 15) is 9.90 Å². The predicted octanol–water partition coefficient (Wildman–Crippen LogP) is 2.52. The number of aliphatic hydroxyl groups is 1. The third-order valence-corrected chi connectivity index (χ3v) is 5.58. The number of thiazole rings is 1. The summed E-state index contributed by atoms with van der Waals surface area (Å²) in [5, 5.41) is 15.0. The second kappa shape index (κ2) is 6.57. The summed E-state index contributed by atoms with van der Waals surface area (Å²) in [4.78, 5) is 19.0. The molecule has 1 aliphatic heterocycles. The van der Waals surface area contributed by atoms with E-state index in [0.717, 1.165) is 20.9 Å². The summed E-state index contributed by atoms with van der Waals surface area (Å²) < 4.78 is 3.05. The van der Waals surface area contributed by atoms with Crippen molar-refractivity contribution < 1.29 is 9.90 Å². The topological polar surface area (TPSA) is 71.2 Å². The van der Waals surface area contributed by atoms with Gasteiger partial charge in [0.05, 0.1) is 45.8 Å². The zero-order chi connectivity index (χ0) is 17.4. The average Bonchev–Trinajstić information content (AvgIpc) is 3.22. The molecular weight excluding hydrogens is 336 g/mol. The molecule has 3 heterocycles. The second-order valence-electron chi connectivity index (χ2n) is 6.35. The van der Waals surface area contributed by atoms with Crippen molar-refractivity contribution in [2.45, 2.75) is 39.0 Å². The van der Waals surface area contributed by atoms with Crippen LogP contribution in [0.25, 0.3) is 10.2 Å². The number of benzene rings is 1.